The maximum Gasteiger partial charge on any atom is 0.328 e. The molecule has 1 aromatic rings. The zero-order valence-corrected chi connectivity index (χ0v) is 16.7. The lowest BCUT2D eigenvalue weighted by atomic mass is 9.95. The lowest BCUT2D eigenvalue weighted by Crippen LogP contribution is -2.50. The number of nitrogens with one attached hydrogen (secondary N) is 1. The van der Waals surface area contributed by atoms with E-state index in [1.54, 1.807) is 4.90 Å². The van der Waals surface area contributed by atoms with Gasteiger partial charge in [0, 0.05) is 18.7 Å². The van der Waals surface area contributed by atoms with Gasteiger partial charge in [0.15, 0.2) is 0 Å². The van der Waals surface area contributed by atoms with Gasteiger partial charge >= 0.3 is 5.97 Å². The van der Waals surface area contributed by atoms with E-state index in [0.717, 1.165) is 12.0 Å². The number of rotatable bonds is 6. The fraction of sp³-hybridized carbons (Fsp3) is 0.571. The summed E-state index contributed by atoms with van der Waals surface area (Å²) in [5, 5.41) is 2.82. The number of amides is 2. The fourth-order valence-electron chi connectivity index (χ4n) is 3.37. The minimum atomic E-state index is -0.648. The van der Waals surface area contributed by atoms with E-state index < -0.39 is 12.0 Å². The molecule has 1 aliphatic heterocycles. The highest BCUT2D eigenvalue weighted by atomic mass is 16.5. The molecule has 0 radical (unpaired) electrons. The molecule has 6 heteroatoms. The zero-order valence-electron chi connectivity index (χ0n) is 16.7. The molecule has 6 nitrogen and oxygen atoms in total. The molecule has 27 heavy (non-hydrogen) atoms. The Kier molecular flexibility index (Phi) is 7.39. The molecule has 1 N–H and O–H groups in total. The van der Waals surface area contributed by atoms with Gasteiger partial charge in [0.05, 0.1) is 13.0 Å². The van der Waals surface area contributed by atoms with Gasteiger partial charge in [-0.3, -0.25) is 9.59 Å². The number of esters is 1. The normalized spacial score (nSPS) is 18.1. The van der Waals surface area contributed by atoms with E-state index >= 15 is 0 Å². The quantitative estimate of drug-likeness (QED) is 0.777. The van der Waals surface area contributed by atoms with E-state index in [-0.39, 0.29) is 23.7 Å². The third-order valence-corrected chi connectivity index (χ3v) is 4.89. The fourth-order valence-corrected chi connectivity index (χ4v) is 3.37. The molecule has 2 rings (SSSR count). The van der Waals surface area contributed by atoms with Crippen molar-refractivity contribution >= 4 is 17.8 Å². The van der Waals surface area contributed by atoms with Crippen LogP contribution in [0, 0.1) is 18.8 Å². The Hall–Kier alpha value is -2.37. The summed E-state index contributed by atoms with van der Waals surface area (Å²) >= 11 is 0. The minimum Gasteiger partial charge on any atom is -0.467 e. The lowest BCUT2D eigenvalue weighted by Gasteiger charge is -2.33. The maximum absolute atomic E-state index is 12.7. The van der Waals surface area contributed by atoms with Crippen molar-refractivity contribution in [3.05, 3.63) is 35.4 Å². The van der Waals surface area contributed by atoms with Crippen molar-refractivity contribution in [2.24, 2.45) is 11.8 Å². The Morgan fingerprint density at radius 1 is 1.22 bits per heavy atom. The van der Waals surface area contributed by atoms with Gasteiger partial charge in [-0.05, 0) is 44.2 Å². The van der Waals surface area contributed by atoms with E-state index in [1.165, 1.54) is 7.11 Å². The van der Waals surface area contributed by atoms with Gasteiger partial charge in [0.1, 0.15) is 6.04 Å². The second kappa shape index (κ2) is 9.53. The lowest BCUT2D eigenvalue weighted by molar-refractivity contribution is -0.146. The van der Waals surface area contributed by atoms with Crippen molar-refractivity contribution in [1.82, 2.24) is 10.2 Å². The van der Waals surface area contributed by atoms with Crippen LogP contribution in [0.5, 0.6) is 0 Å². The minimum absolute atomic E-state index is 0.0563. The molecule has 0 aromatic heterocycles. The maximum atomic E-state index is 12.7. The highest BCUT2D eigenvalue weighted by Crippen LogP contribution is 2.20. The van der Waals surface area contributed by atoms with Gasteiger partial charge in [0.25, 0.3) is 5.91 Å². The van der Waals surface area contributed by atoms with Crippen LogP contribution in [-0.4, -0.2) is 48.9 Å². The number of aryl methyl sites for hydroxylation is 1. The Balaban J connectivity index is 2.01. The first-order valence-electron chi connectivity index (χ1n) is 9.56. The number of hydrogen-bond acceptors (Lipinski definition) is 4. The Bertz CT molecular complexity index is 669. The van der Waals surface area contributed by atoms with Crippen LogP contribution in [0.1, 0.15) is 49.0 Å². The first-order valence-corrected chi connectivity index (χ1v) is 9.56. The monoisotopic (exact) mass is 374 g/mol. The number of carbonyl (C=O) groups is 3. The SMILES string of the molecule is COC(=O)C(CC(C)C)NC(=O)C1CCCN(C(=O)c2ccc(C)cc2)C1. The predicted octanol–water partition coefficient (Wildman–Crippen LogP) is 2.55. The average molecular weight is 374 g/mol. The number of carbonyl (C=O) groups excluding carboxylic acids is 3. The van der Waals surface area contributed by atoms with Crippen molar-refractivity contribution in [2.45, 2.75) is 46.1 Å². The molecule has 0 saturated carbocycles. The number of likely N-dealkylation sites (tertiary alicyclic amines) is 1. The number of hydrogen-bond donors (Lipinski definition) is 1. The summed E-state index contributed by atoms with van der Waals surface area (Å²) in [5.74, 6) is -0.736. The molecular formula is C21H30N2O4. The molecule has 2 unspecified atom stereocenters. The average Bonchev–Trinajstić information content (AvgIpc) is 2.66. The Labute approximate surface area is 161 Å². The van der Waals surface area contributed by atoms with E-state index in [4.69, 9.17) is 4.74 Å². The molecule has 1 saturated heterocycles. The van der Waals surface area contributed by atoms with Crippen LogP contribution >= 0.6 is 0 Å². The summed E-state index contributed by atoms with van der Waals surface area (Å²) in [6.07, 6.45) is 2.00. The smallest absolute Gasteiger partial charge is 0.328 e. The van der Waals surface area contributed by atoms with Crippen molar-refractivity contribution in [3.8, 4) is 0 Å². The number of benzene rings is 1. The van der Waals surface area contributed by atoms with E-state index in [1.807, 2.05) is 45.0 Å². The number of nitrogens with zero attached hydrogens (tertiary/aromatic N) is 1. The summed E-state index contributed by atoms with van der Waals surface area (Å²) in [6, 6.07) is 6.81. The first kappa shape index (κ1) is 20.9. The van der Waals surface area contributed by atoms with Crippen molar-refractivity contribution < 1.29 is 19.1 Å². The summed E-state index contributed by atoms with van der Waals surface area (Å²) < 4.78 is 4.81. The molecule has 1 aromatic carbocycles. The van der Waals surface area contributed by atoms with Crippen LogP contribution in [0.15, 0.2) is 24.3 Å². The van der Waals surface area contributed by atoms with Gasteiger partial charge in [-0.15, -0.1) is 0 Å². The molecule has 0 aliphatic carbocycles. The first-order chi connectivity index (χ1) is 12.8. The molecule has 0 spiro atoms. The largest absolute Gasteiger partial charge is 0.467 e. The third-order valence-electron chi connectivity index (χ3n) is 4.89. The topological polar surface area (TPSA) is 75.7 Å². The van der Waals surface area contributed by atoms with Gasteiger partial charge in [0.2, 0.25) is 5.91 Å². The molecular weight excluding hydrogens is 344 g/mol. The predicted molar refractivity (Wildman–Crippen MR) is 103 cm³/mol. The Morgan fingerprint density at radius 2 is 1.89 bits per heavy atom. The van der Waals surface area contributed by atoms with Crippen molar-refractivity contribution in [2.75, 3.05) is 20.2 Å². The van der Waals surface area contributed by atoms with Crippen molar-refractivity contribution in [3.63, 3.8) is 0 Å². The molecule has 2 amide bonds. The second-order valence-electron chi connectivity index (χ2n) is 7.67. The second-order valence-corrected chi connectivity index (χ2v) is 7.67. The van der Waals surface area contributed by atoms with Crippen LogP contribution in [0.2, 0.25) is 0 Å². The summed E-state index contributed by atoms with van der Waals surface area (Å²) in [7, 11) is 1.32. The summed E-state index contributed by atoms with van der Waals surface area (Å²) in [4.78, 5) is 39.1. The van der Waals surface area contributed by atoms with Crippen molar-refractivity contribution in [1.29, 1.82) is 0 Å². The van der Waals surface area contributed by atoms with Crippen LogP contribution in [-0.2, 0) is 14.3 Å². The van der Waals surface area contributed by atoms with E-state index in [2.05, 4.69) is 5.32 Å². The molecule has 148 valence electrons. The van der Waals surface area contributed by atoms with Gasteiger partial charge < -0.3 is 15.0 Å². The number of methoxy groups -OCH3 is 1. The highest BCUT2D eigenvalue weighted by Gasteiger charge is 2.31. The van der Waals surface area contributed by atoms with Crippen LogP contribution in [0.25, 0.3) is 0 Å². The number of ether oxygens (including phenoxy) is 1. The summed E-state index contributed by atoms with van der Waals surface area (Å²) in [5.41, 5.74) is 1.73. The summed E-state index contributed by atoms with van der Waals surface area (Å²) in [6.45, 7) is 6.97. The standard InChI is InChI=1S/C21H30N2O4/c1-14(2)12-18(21(26)27-4)22-19(24)17-6-5-11-23(13-17)20(25)16-9-7-15(3)8-10-16/h7-10,14,17-18H,5-6,11-13H2,1-4H3,(H,22,24). The van der Waals surface area contributed by atoms with Gasteiger partial charge in [-0.2, -0.15) is 0 Å². The molecule has 0 bridgehead atoms. The molecule has 1 aliphatic rings. The molecule has 1 fully saturated rings. The zero-order chi connectivity index (χ0) is 20.0. The van der Waals surface area contributed by atoms with Gasteiger partial charge in [-0.1, -0.05) is 31.5 Å². The number of piperidine rings is 1. The van der Waals surface area contributed by atoms with Crippen LogP contribution in [0.3, 0.4) is 0 Å². The van der Waals surface area contributed by atoms with Crippen LogP contribution < -0.4 is 5.32 Å². The molecule has 2 atom stereocenters. The van der Waals surface area contributed by atoms with E-state index in [0.29, 0.717) is 31.5 Å². The highest BCUT2D eigenvalue weighted by molar-refractivity contribution is 5.95. The van der Waals surface area contributed by atoms with Crippen LogP contribution in [0.4, 0.5) is 0 Å². The van der Waals surface area contributed by atoms with E-state index in [9.17, 15) is 14.4 Å². The third kappa shape index (κ3) is 5.81. The molecule has 1 heterocycles. The van der Waals surface area contributed by atoms with Gasteiger partial charge in [-0.25, -0.2) is 4.79 Å². The Morgan fingerprint density at radius 3 is 2.48 bits per heavy atom.